The molecule has 0 spiro atoms. The summed E-state index contributed by atoms with van der Waals surface area (Å²) in [6.45, 7) is 0.679. The molecule has 0 saturated carbocycles. The first-order chi connectivity index (χ1) is 8.75. The second-order valence-corrected chi connectivity index (χ2v) is 5.39. The highest BCUT2D eigenvalue weighted by Gasteiger charge is 2.25. The van der Waals surface area contributed by atoms with Gasteiger partial charge in [0.25, 0.3) is 5.91 Å². The quantitative estimate of drug-likeness (QED) is 0.798. The van der Waals surface area contributed by atoms with E-state index in [-0.39, 0.29) is 16.9 Å². The fourth-order valence-corrected chi connectivity index (χ4v) is 3.08. The van der Waals surface area contributed by atoms with Crippen molar-refractivity contribution in [3.8, 4) is 0 Å². The maximum absolute atomic E-state index is 12.3. The Balaban J connectivity index is 1.96. The number of fused-ring (bicyclic) bond motifs is 1. The van der Waals surface area contributed by atoms with Crippen molar-refractivity contribution in [1.29, 1.82) is 0 Å². The van der Waals surface area contributed by atoms with Gasteiger partial charge in [-0.05, 0) is 35.9 Å². The lowest BCUT2D eigenvalue weighted by Gasteiger charge is -2.28. The molecule has 1 amide bonds. The Kier molecular flexibility index (Phi) is 3.06. The maximum atomic E-state index is 12.3. The number of thioether (sulfide) groups is 1. The molecule has 0 aliphatic carbocycles. The van der Waals surface area contributed by atoms with Crippen LogP contribution in [0.1, 0.15) is 10.6 Å². The van der Waals surface area contributed by atoms with Gasteiger partial charge in [0.15, 0.2) is 11.0 Å². The lowest BCUT2D eigenvalue weighted by Crippen LogP contribution is -2.35. The van der Waals surface area contributed by atoms with Crippen molar-refractivity contribution in [3.63, 3.8) is 0 Å². The van der Waals surface area contributed by atoms with Crippen molar-refractivity contribution in [1.82, 2.24) is 0 Å². The molecule has 2 aromatic rings. The standard InChI is InChI=1S/C13H10ClNO2S/c14-12-6-5-10(17-12)13(16)15-7-8-18-11-4-2-1-3-9(11)15/h1-6H,7-8H2. The highest BCUT2D eigenvalue weighted by Crippen LogP contribution is 2.35. The van der Waals surface area contributed by atoms with Crippen LogP contribution in [-0.4, -0.2) is 18.2 Å². The Hall–Kier alpha value is -1.39. The van der Waals surface area contributed by atoms with Crippen LogP contribution in [-0.2, 0) is 0 Å². The normalized spacial score (nSPS) is 14.4. The van der Waals surface area contributed by atoms with Gasteiger partial charge in [0, 0.05) is 17.2 Å². The van der Waals surface area contributed by atoms with Crippen LogP contribution < -0.4 is 4.90 Å². The van der Waals surface area contributed by atoms with E-state index < -0.39 is 0 Å². The van der Waals surface area contributed by atoms with E-state index in [0.717, 1.165) is 16.3 Å². The Labute approximate surface area is 114 Å². The van der Waals surface area contributed by atoms with Gasteiger partial charge in [0.1, 0.15) is 0 Å². The molecule has 0 fully saturated rings. The summed E-state index contributed by atoms with van der Waals surface area (Å²) in [6.07, 6.45) is 0. The molecule has 5 heteroatoms. The minimum atomic E-state index is -0.144. The average molecular weight is 280 g/mol. The largest absolute Gasteiger partial charge is 0.440 e. The number of benzene rings is 1. The number of anilines is 1. The number of para-hydroxylation sites is 1. The summed E-state index contributed by atoms with van der Waals surface area (Å²) in [7, 11) is 0. The number of amides is 1. The molecule has 0 saturated heterocycles. The molecule has 3 nitrogen and oxygen atoms in total. The van der Waals surface area contributed by atoms with Gasteiger partial charge in [-0.25, -0.2) is 0 Å². The molecular weight excluding hydrogens is 270 g/mol. The number of hydrogen-bond donors (Lipinski definition) is 0. The van der Waals surface area contributed by atoms with Crippen LogP contribution in [0.5, 0.6) is 0 Å². The fourth-order valence-electron chi connectivity index (χ4n) is 1.94. The van der Waals surface area contributed by atoms with Gasteiger partial charge >= 0.3 is 0 Å². The average Bonchev–Trinajstić information content (AvgIpc) is 2.84. The van der Waals surface area contributed by atoms with Gasteiger partial charge in [-0.3, -0.25) is 4.79 Å². The SMILES string of the molecule is O=C(c1ccc(Cl)o1)N1CCSc2ccccc21. The summed E-state index contributed by atoms with van der Waals surface area (Å²) in [6, 6.07) is 11.1. The predicted octanol–water partition coefficient (Wildman–Crippen LogP) is 3.69. The Morgan fingerprint density at radius 2 is 2.11 bits per heavy atom. The number of hydrogen-bond acceptors (Lipinski definition) is 3. The summed E-state index contributed by atoms with van der Waals surface area (Å²) >= 11 is 7.46. The lowest BCUT2D eigenvalue weighted by atomic mass is 10.2. The smallest absolute Gasteiger partial charge is 0.294 e. The third-order valence-electron chi connectivity index (χ3n) is 2.76. The molecule has 1 aromatic heterocycles. The molecule has 92 valence electrons. The molecule has 0 unspecified atom stereocenters. The van der Waals surface area contributed by atoms with Gasteiger partial charge in [-0.2, -0.15) is 0 Å². The molecule has 3 rings (SSSR count). The van der Waals surface area contributed by atoms with E-state index in [1.165, 1.54) is 0 Å². The number of nitrogens with zero attached hydrogens (tertiary/aromatic N) is 1. The molecule has 0 N–H and O–H groups in total. The van der Waals surface area contributed by atoms with E-state index in [1.54, 1.807) is 28.8 Å². The van der Waals surface area contributed by atoms with Crippen molar-refractivity contribution in [2.45, 2.75) is 4.90 Å². The van der Waals surface area contributed by atoms with E-state index in [2.05, 4.69) is 0 Å². The Bertz CT molecular complexity index is 596. The molecule has 1 aliphatic heterocycles. The molecule has 0 radical (unpaired) electrons. The maximum Gasteiger partial charge on any atom is 0.294 e. The van der Waals surface area contributed by atoms with E-state index in [1.807, 2.05) is 24.3 Å². The molecular formula is C13H10ClNO2S. The second kappa shape index (κ2) is 4.71. The number of halogens is 1. The van der Waals surface area contributed by atoms with Gasteiger partial charge in [0.2, 0.25) is 0 Å². The highest BCUT2D eigenvalue weighted by molar-refractivity contribution is 7.99. The van der Waals surface area contributed by atoms with Crippen LogP contribution in [0.25, 0.3) is 0 Å². The van der Waals surface area contributed by atoms with Crippen molar-refractivity contribution in [2.24, 2.45) is 0 Å². The number of rotatable bonds is 1. The number of furan rings is 1. The summed E-state index contributed by atoms with van der Waals surface area (Å²) < 4.78 is 5.18. The third kappa shape index (κ3) is 2.02. The molecule has 1 aliphatic rings. The fraction of sp³-hybridized carbons (Fsp3) is 0.154. The summed E-state index contributed by atoms with van der Waals surface area (Å²) in [5.41, 5.74) is 0.936. The first kappa shape index (κ1) is 11.7. The second-order valence-electron chi connectivity index (χ2n) is 3.88. The van der Waals surface area contributed by atoms with Gasteiger partial charge in [0.05, 0.1) is 5.69 Å². The van der Waals surface area contributed by atoms with Crippen molar-refractivity contribution < 1.29 is 9.21 Å². The zero-order valence-electron chi connectivity index (χ0n) is 9.43. The molecule has 0 atom stereocenters. The van der Waals surface area contributed by atoms with Crippen LogP contribution in [0.3, 0.4) is 0 Å². The van der Waals surface area contributed by atoms with E-state index in [4.69, 9.17) is 16.0 Å². The predicted molar refractivity (Wildman–Crippen MR) is 72.6 cm³/mol. The van der Waals surface area contributed by atoms with E-state index >= 15 is 0 Å². The number of carbonyl (C=O) groups excluding carboxylic acids is 1. The summed E-state index contributed by atoms with van der Waals surface area (Å²) in [5, 5.41) is 0.234. The highest BCUT2D eigenvalue weighted by atomic mass is 35.5. The van der Waals surface area contributed by atoms with Crippen molar-refractivity contribution in [3.05, 3.63) is 47.4 Å². The van der Waals surface area contributed by atoms with Crippen molar-refractivity contribution >= 4 is 35.0 Å². The zero-order chi connectivity index (χ0) is 12.5. The minimum Gasteiger partial charge on any atom is -0.440 e. The van der Waals surface area contributed by atoms with E-state index in [0.29, 0.717) is 6.54 Å². The van der Waals surface area contributed by atoms with Gasteiger partial charge < -0.3 is 9.32 Å². The van der Waals surface area contributed by atoms with Crippen LogP contribution in [0.4, 0.5) is 5.69 Å². The van der Waals surface area contributed by atoms with Gasteiger partial charge in [-0.15, -0.1) is 11.8 Å². The van der Waals surface area contributed by atoms with Gasteiger partial charge in [-0.1, -0.05) is 12.1 Å². The summed E-state index contributed by atoms with van der Waals surface area (Å²) in [5.74, 6) is 1.02. The van der Waals surface area contributed by atoms with Crippen LogP contribution in [0.2, 0.25) is 5.22 Å². The van der Waals surface area contributed by atoms with Crippen LogP contribution >= 0.6 is 23.4 Å². The molecule has 2 heterocycles. The lowest BCUT2D eigenvalue weighted by molar-refractivity contribution is 0.0961. The summed E-state index contributed by atoms with van der Waals surface area (Å²) in [4.78, 5) is 15.2. The molecule has 1 aromatic carbocycles. The number of carbonyl (C=O) groups is 1. The first-order valence-corrected chi connectivity index (χ1v) is 6.91. The Morgan fingerprint density at radius 3 is 2.89 bits per heavy atom. The zero-order valence-corrected chi connectivity index (χ0v) is 11.0. The monoisotopic (exact) mass is 279 g/mol. The third-order valence-corrected chi connectivity index (χ3v) is 4.00. The van der Waals surface area contributed by atoms with Crippen LogP contribution in [0, 0.1) is 0 Å². The van der Waals surface area contributed by atoms with Crippen LogP contribution in [0.15, 0.2) is 45.7 Å². The van der Waals surface area contributed by atoms with E-state index in [9.17, 15) is 4.79 Å². The molecule has 0 bridgehead atoms. The topological polar surface area (TPSA) is 33.5 Å². The van der Waals surface area contributed by atoms with Crippen molar-refractivity contribution in [2.75, 3.05) is 17.2 Å². The first-order valence-electron chi connectivity index (χ1n) is 5.55. The minimum absolute atomic E-state index is 0.144. The molecule has 18 heavy (non-hydrogen) atoms. The Morgan fingerprint density at radius 1 is 1.28 bits per heavy atom.